The van der Waals surface area contributed by atoms with Gasteiger partial charge < -0.3 is 15.4 Å². The zero-order valence-electron chi connectivity index (χ0n) is 12.0. The maximum absolute atomic E-state index is 12.1. The standard InChI is InChI=1S/C15H22N2O2.ClH/c1-11(10-16-2)15(18)17-13-7-5-9-19-14-8-4-3-6-12(13)14;/h3-4,6,8,11,13,16H,5,7,9-10H2,1-2H3,(H,17,18);1H. The summed E-state index contributed by atoms with van der Waals surface area (Å²) in [6.45, 7) is 3.34. The summed E-state index contributed by atoms with van der Waals surface area (Å²) in [6, 6.07) is 8.02. The van der Waals surface area contributed by atoms with Crippen LogP contribution in [0.4, 0.5) is 0 Å². The van der Waals surface area contributed by atoms with Crippen molar-refractivity contribution in [2.24, 2.45) is 5.92 Å². The summed E-state index contributed by atoms with van der Waals surface area (Å²) in [6.07, 6.45) is 1.88. The van der Waals surface area contributed by atoms with Gasteiger partial charge in [-0.1, -0.05) is 25.1 Å². The fourth-order valence-corrected chi connectivity index (χ4v) is 2.39. The molecule has 0 bridgehead atoms. The molecule has 112 valence electrons. The minimum atomic E-state index is -0.0265. The van der Waals surface area contributed by atoms with Crippen molar-refractivity contribution in [1.82, 2.24) is 10.6 Å². The third kappa shape index (κ3) is 4.12. The van der Waals surface area contributed by atoms with E-state index < -0.39 is 0 Å². The van der Waals surface area contributed by atoms with E-state index >= 15 is 0 Å². The van der Waals surface area contributed by atoms with Crippen molar-refractivity contribution < 1.29 is 9.53 Å². The summed E-state index contributed by atoms with van der Waals surface area (Å²) < 4.78 is 5.70. The van der Waals surface area contributed by atoms with E-state index in [1.54, 1.807) is 0 Å². The molecule has 2 atom stereocenters. The lowest BCUT2D eigenvalue weighted by Gasteiger charge is -2.20. The number of hydrogen-bond acceptors (Lipinski definition) is 3. The molecule has 0 aromatic heterocycles. The van der Waals surface area contributed by atoms with Gasteiger partial charge in [0.1, 0.15) is 5.75 Å². The molecule has 20 heavy (non-hydrogen) atoms. The van der Waals surface area contributed by atoms with Crippen LogP contribution < -0.4 is 15.4 Å². The van der Waals surface area contributed by atoms with Gasteiger partial charge in [0, 0.05) is 18.0 Å². The Morgan fingerprint density at radius 1 is 1.45 bits per heavy atom. The maximum Gasteiger partial charge on any atom is 0.224 e. The second-order valence-corrected chi connectivity index (χ2v) is 5.05. The highest BCUT2D eigenvalue weighted by Crippen LogP contribution is 2.31. The number of halogens is 1. The van der Waals surface area contributed by atoms with Crippen molar-refractivity contribution in [3.8, 4) is 5.75 Å². The van der Waals surface area contributed by atoms with Gasteiger partial charge in [-0.2, -0.15) is 0 Å². The highest BCUT2D eigenvalue weighted by atomic mass is 35.5. The number of amides is 1. The first-order valence-corrected chi connectivity index (χ1v) is 6.89. The molecule has 0 fully saturated rings. The first-order valence-electron chi connectivity index (χ1n) is 6.89. The predicted molar refractivity (Wildman–Crippen MR) is 82.4 cm³/mol. The number of rotatable bonds is 4. The molecule has 1 heterocycles. The molecule has 1 aliphatic heterocycles. The summed E-state index contributed by atoms with van der Waals surface area (Å²) in [4.78, 5) is 12.1. The molecular formula is C15H23ClN2O2. The van der Waals surface area contributed by atoms with Crippen molar-refractivity contribution in [1.29, 1.82) is 0 Å². The molecule has 2 unspecified atom stereocenters. The minimum Gasteiger partial charge on any atom is -0.493 e. The molecule has 0 spiro atoms. The zero-order valence-corrected chi connectivity index (χ0v) is 12.8. The second kappa shape index (κ2) is 8.12. The van der Waals surface area contributed by atoms with E-state index in [-0.39, 0.29) is 30.3 Å². The van der Waals surface area contributed by atoms with Crippen LogP contribution in [0.25, 0.3) is 0 Å². The van der Waals surface area contributed by atoms with Crippen LogP contribution in [-0.2, 0) is 4.79 Å². The smallest absolute Gasteiger partial charge is 0.224 e. The highest BCUT2D eigenvalue weighted by Gasteiger charge is 2.22. The van der Waals surface area contributed by atoms with Crippen LogP contribution in [0.5, 0.6) is 5.75 Å². The Labute approximate surface area is 126 Å². The van der Waals surface area contributed by atoms with Gasteiger partial charge in [-0.3, -0.25) is 4.79 Å². The molecule has 1 aliphatic rings. The second-order valence-electron chi connectivity index (χ2n) is 5.05. The average Bonchev–Trinajstić information content (AvgIpc) is 2.62. The van der Waals surface area contributed by atoms with Crippen LogP contribution in [-0.4, -0.2) is 26.1 Å². The highest BCUT2D eigenvalue weighted by molar-refractivity contribution is 5.85. The number of ether oxygens (including phenoxy) is 1. The van der Waals surface area contributed by atoms with Crippen molar-refractivity contribution in [3.05, 3.63) is 29.8 Å². The molecule has 0 aliphatic carbocycles. The van der Waals surface area contributed by atoms with Crippen LogP contribution >= 0.6 is 12.4 Å². The van der Waals surface area contributed by atoms with Crippen molar-refractivity contribution in [2.45, 2.75) is 25.8 Å². The minimum absolute atomic E-state index is 0. The van der Waals surface area contributed by atoms with E-state index in [0.717, 1.165) is 30.8 Å². The predicted octanol–water partition coefficient (Wildman–Crippen LogP) is 2.29. The number of benzene rings is 1. The zero-order chi connectivity index (χ0) is 13.7. The molecule has 1 amide bonds. The van der Waals surface area contributed by atoms with Crippen LogP contribution in [0.3, 0.4) is 0 Å². The van der Waals surface area contributed by atoms with E-state index in [0.29, 0.717) is 6.54 Å². The molecule has 1 aromatic rings. The molecule has 2 N–H and O–H groups in total. The molecule has 0 saturated heterocycles. The third-order valence-corrected chi connectivity index (χ3v) is 3.46. The summed E-state index contributed by atoms with van der Waals surface area (Å²) in [7, 11) is 1.86. The molecular weight excluding hydrogens is 276 g/mol. The van der Waals surface area contributed by atoms with Crippen LogP contribution in [0, 0.1) is 5.92 Å². The molecule has 0 saturated carbocycles. The van der Waals surface area contributed by atoms with Gasteiger partial charge in [-0.05, 0) is 26.0 Å². The largest absolute Gasteiger partial charge is 0.493 e. The van der Waals surface area contributed by atoms with E-state index in [2.05, 4.69) is 10.6 Å². The molecule has 0 radical (unpaired) electrons. The lowest BCUT2D eigenvalue weighted by atomic mass is 10.0. The third-order valence-electron chi connectivity index (χ3n) is 3.46. The van der Waals surface area contributed by atoms with E-state index in [1.165, 1.54) is 0 Å². The van der Waals surface area contributed by atoms with E-state index in [1.807, 2.05) is 38.2 Å². The summed E-state index contributed by atoms with van der Waals surface area (Å²) in [5.74, 6) is 0.962. The molecule has 1 aromatic carbocycles. The average molecular weight is 299 g/mol. The number of carbonyl (C=O) groups excluding carboxylic acids is 1. The molecule has 5 heteroatoms. The van der Waals surface area contributed by atoms with Crippen molar-refractivity contribution in [3.63, 3.8) is 0 Å². The number of fused-ring (bicyclic) bond motifs is 1. The Kier molecular flexibility index (Phi) is 6.82. The Bertz CT molecular complexity index is 440. The van der Waals surface area contributed by atoms with Crippen molar-refractivity contribution in [2.75, 3.05) is 20.2 Å². The summed E-state index contributed by atoms with van der Waals surface area (Å²) in [5, 5.41) is 6.17. The first kappa shape index (κ1) is 16.8. The molecule has 2 rings (SSSR count). The van der Waals surface area contributed by atoms with Gasteiger partial charge in [0.15, 0.2) is 0 Å². The molecule has 4 nitrogen and oxygen atoms in total. The Morgan fingerprint density at radius 2 is 2.20 bits per heavy atom. The Balaban J connectivity index is 0.00000200. The van der Waals surface area contributed by atoms with Crippen LogP contribution in [0.2, 0.25) is 0 Å². The quantitative estimate of drug-likeness (QED) is 0.897. The number of nitrogens with one attached hydrogen (secondary N) is 2. The fourth-order valence-electron chi connectivity index (χ4n) is 2.39. The number of para-hydroxylation sites is 1. The lowest BCUT2D eigenvalue weighted by molar-refractivity contribution is -0.125. The lowest BCUT2D eigenvalue weighted by Crippen LogP contribution is -2.36. The number of hydrogen-bond donors (Lipinski definition) is 2. The number of carbonyl (C=O) groups is 1. The van der Waals surface area contributed by atoms with Crippen LogP contribution in [0.15, 0.2) is 24.3 Å². The topological polar surface area (TPSA) is 50.4 Å². The fraction of sp³-hybridized carbons (Fsp3) is 0.533. The van der Waals surface area contributed by atoms with Gasteiger partial charge in [0.25, 0.3) is 0 Å². The Morgan fingerprint density at radius 3 is 2.95 bits per heavy atom. The summed E-state index contributed by atoms with van der Waals surface area (Å²) >= 11 is 0. The van der Waals surface area contributed by atoms with Gasteiger partial charge in [0.05, 0.1) is 12.6 Å². The maximum atomic E-state index is 12.1. The van der Waals surface area contributed by atoms with E-state index in [9.17, 15) is 4.79 Å². The van der Waals surface area contributed by atoms with E-state index in [4.69, 9.17) is 4.74 Å². The van der Waals surface area contributed by atoms with Gasteiger partial charge in [-0.15, -0.1) is 12.4 Å². The normalized spacial score (nSPS) is 18.8. The van der Waals surface area contributed by atoms with Gasteiger partial charge in [-0.25, -0.2) is 0 Å². The van der Waals surface area contributed by atoms with Crippen LogP contribution in [0.1, 0.15) is 31.4 Å². The van der Waals surface area contributed by atoms with Crippen molar-refractivity contribution >= 4 is 18.3 Å². The van der Waals surface area contributed by atoms with Gasteiger partial charge in [0.2, 0.25) is 5.91 Å². The van der Waals surface area contributed by atoms with Gasteiger partial charge >= 0.3 is 0 Å². The first-order chi connectivity index (χ1) is 9.22. The SMILES string of the molecule is CNCC(C)C(=O)NC1CCCOc2ccccc21.Cl. The summed E-state index contributed by atoms with van der Waals surface area (Å²) in [5.41, 5.74) is 1.09. The monoisotopic (exact) mass is 298 g/mol. The Hall–Kier alpha value is -1.26.